The molecule has 1 N–H and O–H groups in total. The molecule has 6 heteroatoms. The van der Waals surface area contributed by atoms with Crippen molar-refractivity contribution < 1.29 is 9.00 Å². The van der Waals surface area contributed by atoms with Crippen molar-refractivity contribution in [1.29, 1.82) is 0 Å². The maximum atomic E-state index is 10.6. The summed E-state index contributed by atoms with van der Waals surface area (Å²) in [5, 5.41) is -0.854. The molecular weight excluding hydrogens is 185 g/mol. The predicted octanol–water partition coefficient (Wildman–Crippen LogP) is -0.0478. The fraction of sp³-hybridized carbons (Fsp3) is 0.667. The van der Waals surface area contributed by atoms with Crippen molar-refractivity contribution in [3.63, 3.8) is 0 Å². The molecule has 3 unspecified atom stereocenters. The van der Waals surface area contributed by atoms with E-state index in [-0.39, 0.29) is 0 Å². The summed E-state index contributed by atoms with van der Waals surface area (Å²) in [6, 6.07) is 0. The Kier molecular flexibility index (Phi) is 1.98. The average Bonchev–Trinajstić information content (AvgIpc) is 1.98. The number of carbonyl (C=O) groups is 1. The number of nitrogens with one attached hydrogen (secondary N) is 1. The molecule has 0 aliphatic carbocycles. The highest BCUT2D eigenvalue weighted by Crippen LogP contribution is 2.18. The van der Waals surface area contributed by atoms with E-state index in [1.54, 1.807) is 0 Å². The van der Waals surface area contributed by atoms with Crippen molar-refractivity contribution >= 4 is 40.1 Å². The summed E-state index contributed by atoms with van der Waals surface area (Å²) in [6.07, 6.45) is 0. The Morgan fingerprint density at radius 3 is 2.22 bits per heavy atom. The van der Waals surface area contributed by atoms with Gasteiger partial charge in [0.15, 0.2) is 4.71 Å². The summed E-state index contributed by atoms with van der Waals surface area (Å²) >= 11 is 10.8. The second kappa shape index (κ2) is 2.44. The maximum absolute atomic E-state index is 10.6. The van der Waals surface area contributed by atoms with E-state index in [0.717, 1.165) is 0 Å². The predicted molar refractivity (Wildman–Crippen MR) is 35.6 cm³/mol. The molecule has 52 valence electrons. The standard InChI is InChI=1S/C3H3Cl2NO2S/c4-1-2(5)9(8)6-3(1)7/h1-2H,(H,6,7). The van der Waals surface area contributed by atoms with E-state index in [4.69, 9.17) is 23.2 Å². The Hall–Kier alpha value is 0.200. The molecule has 9 heavy (non-hydrogen) atoms. The van der Waals surface area contributed by atoms with Gasteiger partial charge in [0, 0.05) is 0 Å². The quantitative estimate of drug-likeness (QED) is 0.542. The molecule has 3 nitrogen and oxygen atoms in total. The first-order chi connectivity index (χ1) is 4.13. The minimum absolute atomic E-state index is 0.463. The molecule has 0 radical (unpaired) electrons. The van der Waals surface area contributed by atoms with E-state index < -0.39 is 27.0 Å². The van der Waals surface area contributed by atoms with E-state index in [2.05, 4.69) is 4.72 Å². The van der Waals surface area contributed by atoms with Crippen LogP contribution in [0.2, 0.25) is 0 Å². The summed E-state index contributed by atoms with van der Waals surface area (Å²) in [5.41, 5.74) is 0. The molecule has 1 aliphatic heterocycles. The fourth-order valence-electron chi connectivity index (χ4n) is 0.439. The van der Waals surface area contributed by atoms with Crippen LogP contribution in [0.15, 0.2) is 0 Å². The zero-order chi connectivity index (χ0) is 7.02. The minimum Gasteiger partial charge on any atom is -0.272 e. The fourth-order valence-corrected chi connectivity index (χ4v) is 1.87. The molecule has 1 heterocycles. The second-order valence-corrected chi connectivity index (χ2v) is 4.02. The van der Waals surface area contributed by atoms with Gasteiger partial charge >= 0.3 is 0 Å². The molecule has 1 rings (SSSR count). The van der Waals surface area contributed by atoms with Gasteiger partial charge in [-0.15, -0.1) is 23.2 Å². The number of carbonyl (C=O) groups excluding carboxylic acids is 1. The summed E-state index contributed by atoms with van der Waals surface area (Å²) in [5.74, 6) is -0.463. The van der Waals surface area contributed by atoms with Crippen molar-refractivity contribution in [3.8, 4) is 0 Å². The van der Waals surface area contributed by atoms with Gasteiger partial charge < -0.3 is 0 Å². The zero-order valence-corrected chi connectivity index (χ0v) is 6.46. The topological polar surface area (TPSA) is 46.2 Å². The third-order valence-electron chi connectivity index (χ3n) is 0.886. The van der Waals surface area contributed by atoms with Gasteiger partial charge in [0.05, 0.1) is 0 Å². The van der Waals surface area contributed by atoms with E-state index in [0.29, 0.717) is 0 Å². The van der Waals surface area contributed by atoms with Crippen LogP contribution in [-0.4, -0.2) is 20.2 Å². The second-order valence-electron chi connectivity index (χ2n) is 1.52. The highest BCUT2D eigenvalue weighted by Gasteiger charge is 2.37. The van der Waals surface area contributed by atoms with Gasteiger partial charge in [-0.3, -0.25) is 9.52 Å². The van der Waals surface area contributed by atoms with Crippen LogP contribution in [-0.2, 0) is 15.8 Å². The normalized spacial score (nSPS) is 42.9. The number of hydrogen-bond donors (Lipinski definition) is 1. The van der Waals surface area contributed by atoms with E-state index >= 15 is 0 Å². The van der Waals surface area contributed by atoms with Crippen molar-refractivity contribution in [3.05, 3.63) is 0 Å². The Bertz CT molecular complexity index is 155. The van der Waals surface area contributed by atoms with Crippen LogP contribution >= 0.6 is 23.2 Å². The van der Waals surface area contributed by atoms with Crippen LogP contribution in [0.5, 0.6) is 0 Å². The lowest BCUT2D eigenvalue weighted by atomic mass is 10.5. The van der Waals surface area contributed by atoms with Gasteiger partial charge in [-0.05, 0) is 0 Å². The molecule has 1 fully saturated rings. The molecule has 1 aliphatic rings. The lowest BCUT2D eigenvalue weighted by Crippen LogP contribution is -2.19. The maximum Gasteiger partial charge on any atom is 0.252 e. The Morgan fingerprint density at radius 2 is 2.11 bits per heavy atom. The Balaban J connectivity index is 2.77. The number of rotatable bonds is 0. The Labute approximate surface area is 64.3 Å². The summed E-state index contributed by atoms with van der Waals surface area (Å²) < 4.78 is 11.9. The van der Waals surface area contributed by atoms with Crippen LogP contribution in [0.3, 0.4) is 0 Å². The number of amides is 1. The summed E-state index contributed by atoms with van der Waals surface area (Å²) in [6.45, 7) is 0. The molecule has 0 saturated carbocycles. The average molecular weight is 188 g/mol. The highest BCUT2D eigenvalue weighted by atomic mass is 35.5. The smallest absolute Gasteiger partial charge is 0.252 e. The minimum atomic E-state index is -1.49. The van der Waals surface area contributed by atoms with Crippen molar-refractivity contribution in [1.82, 2.24) is 4.72 Å². The van der Waals surface area contributed by atoms with Crippen LogP contribution in [0, 0.1) is 0 Å². The largest absolute Gasteiger partial charge is 0.272 e. The van der Waals surface area contributed by atoms with Gasteiger partial charge in [0.2, 0.25) is 0 Å². The number of halogens is 2. The summed E-state index contributed by atoms with van der Waals surface area (Å²) in [7, 11) is -1.49. The molecule has 0 spiro atoms. The van der Waals surface area contributed by atoms with Gasteiger partial charge in [-0.2, -0.15) is 0 Å². The molecule has 1 saturated heterocycles. The molecule has 1 amide bonds. The van der Waals surface area contributed by atoms with Crippen molar-refractivity contribution in [2.75, 3.05) is 0 Å². The van der Waals surface area contributed by atoms with E-state index in [1.165, 1.54) is 0 Å². The SMILES string of the molecule is O=C1NS(=O)C(Cl)C1Cl. The molecular formula is C3H3Cl2NO2S. The van der Waals surface area contributed by atoms with Gasteiger partial charge in [0.25, 0.3) is 5.91 Å². The van der Waals surface area contributed by atoms with E-state index in [9.17, 15) is 9.00 Å². The first-order valence-corrected chi connectivity index (χ1v) is 4.20. The molecule has 0 bridgehead atoms. The zero-order valence-electron chi connectivity index (χ0n) is 4.14. The van der Waals surface area contributed by atoms with Crippen LogP contribution < -0.4 is 4.72 Å². The number of alkyl halides is 2. The van der Waals surface area contributed by atoms with Crippen molar-refractivity contribution in [2.24, 2.45) is 0 Å². The van der Waals surface area contributed by atoms with Crippen LogP contribution in [0.4, 0.5) is 0 Å². The van der Waals surface area contributed by atoms with Crippen LogP contribution in [0.1, 0.15) is 0 Å². The monoisotopic (exact) mass is 187 g/mol. The van der Waals surface area contributed by atoms with Crippen LogP contribution in [0.25, 0.3) is 0 Å². The van der Waals surface area contributed by atoms with E-state index in [1.807, 2.05) is 0 Å². The Morgan fingerprint density at radius 1 is 1.56 bits per heavy atom. The van der Waals surface area contributed by atoms with Crippen molar-refractivity contribution in [2.45, 2.75) is 10.1 Å². The first kappa shape index (κ1) is 7.31. The first-order valence-electron chi connectivity index (χ1n) is 2.12. The van der Waals surface area contributed by atoms with Gasteiger partial charge in [-0.25, -0.2) is 4.21 Å². The third-order valence-corrected chi connectivity index (χ3v) is 3.44. The molecule has 3 atom stereocenters. The lowest BCUT2D eigenvalue weighted by Gasteiger charge is -1.94. The number of hydrogen-bond acceptors (Lipinski definition) is 2. The van der Waals surface area contributed by atoms with Gasteiger partial charge in [-0.1, -0.05) is 0 Å². The third kappa shape index (κ3) is 1.20. The summed E-state index contributed by atoms with van der Waals surface area (Å²) in [4.78, 5) is 10.5. The lowest BCUT2D eigenvalue weighted by molar-refractivity contribution is -0.118. The molecule has 0 aromatic carbocycles. The molecule has 0 aromatic rings. The highest BCUT2D eigenvalue weighted by molar-refractivity contribution is 7.86. The molecule has 0 aromatic heterocycles. The van der Waals surface area contributed by atoms with Gasteiger partial charge in [0.1, 0.15) is 16.4 Å².